The number of aliphatic hydroxyl groups is 1. The van der Waals surface area contributed by atoms with Crippen molar-refractivity contribution >= 4 is 5.91 Å². The van der Waals surface area contributed by atoms with Crippen LogP contribution >= 0.6 is 0 Å². The van der Waals surface area contributed by atoms with Gasteiger partial charge in [0.05, 0.1) is 5.60 Å². The molecule has 1 unspecified atom stereocenters. The van der Waals surface area contributed by atoms with Crippen LogP contribution in [0.4, 0.5) is 0 Å². The van der Waals surface area contributed by atoms with Crippen LogP contribution < -0.4 is 5.32 Å². The van der Waals surface area contributed by atoms with E-state index in [1.54, 1.807) is 6.92 Å². The Morgan fingerprint density at radius 2 is 1.74 bits per heavy atom. The van der Waals surface area contributed by atoms with Gasteiger partial charge in [-0.15, -0.1) is 0 Å². The summed E-state index contributed by atoms with van der Waals surface area (Å²) in [5, 5.41) is 12.9. The second-order valence-corrected chi connectivity index (χ2v) is 6.03. The molecule has 0 fully saturated rings. The number of unbranched alkanes of at least 4 members (excludes halogenated alkanes) is 5. The van der Waals surface area contributed by atoms with E-state index >= 15 is 0 Å². The first-order valence-electron chi connectivity index (χ1n) is 7.51. The van der Waals surface area contributed by atoms with Crippen molar-refractivity contribution in [1.82, 2.24) is 10.2 Å². The van der Waals surface area contributed by atoms with Crippen molar-refractivity contribution in [3.8, 4) is 0 Å². The number of hydrogen-bond donors (Lipinski definition) is 2. The van der Waals surface area contributed by atoms with Gasteiger partial charge in [-0.05, 0) is 27.4 Å². The molecule has 0 rings (SSSR count). The highest BCUT2D eigenvalue weighted by Crippen LogP contribution is 2.07. The van der Waals surface area contributed by atoms with E-state index in [9.17, 15) is 9.90 Å². The molecule has 0 spiro atoms. The first-order chi connectivity index (χ1) is 8.87. The van der Waals surface area contributed by atoms with E-state index in [-0.39, 0.29) is 5.91 Å². The fourth-order valence-electron chi connectivity index (χ4n) is 2.18. The number of amides is 1. The predicted molar refractivity (Wildman–Crippen MR) is 80.2 cm³/mol. The Morgan fingerprint density at radius 3 is 2.32 bits per heavy atom. The lowest BCUT2D eigenvalue weighted by atomic mass is 10.1. The summed E-state index contributed by atoms with van der Waals surface area (Å²) in [6.07, 6.45) is 7.69. The molecule has 0 heterocycles. The maximum atomic E-state index is 11.6. The topological polar surface area (TPSA) is 52.6 Å². The second kappa shape index (κ2) is 10.2. The van der Waals surface area contributed by atoms with Gasteiger partial charge in [0.2, 0.25) is 5.91 Å². The minimum Gasteiger partial charge on any atom is -0.387 e. The maximum Gasteiger partial charge on any atom is 0.220 e. The van der Waals surface area contributed by atoms with E-state index in [1.807, 2.05) is 19.0 Å². The molecule has 0 saturated heterocycles. The molecule has 4 nitrogen and oxygen atoms in total. The fourth-order valence-corrected chi connectivity index (χ4v) is 2.18. The number of hydrogen-bond acceptors (Lipinski definition) is 3. The van der Waals surface area contributed by atoms with Crippen molar-refractivity contribution in [2.24, 2.45) is 0 Å². The van der Waals surface area contributed by atoms with Crippen LogP contribution in [0.1, 0.15) is 58.8 Å². The smallest absolute Gasteiger partial charge is 0.220 e. The molecular weight excluding hydrogens is 240 g/mol. The zero-order valence-electron chi connectivity index (χ0n) is 13.2. The number of nitrogens with zero attached hydrogens (tertiary/aromatic N) is 1. The summed E-state index contributed by atoms with van der Waals surface area (Å²) >= 11 is 0. The van der Waals surface area contributed by atoms with Crippen molar-refractivity contribution in [2.45, 2.75) is 64.4 Å². The molecule has 0 aliphatic heterocycles. The highest BCUT2D eigenvalue weighted by atomic mass is 16.3. The second-order valence-electron chi connectivity index (χ2n) is 6.03. The molecule has 2 N–H and O–H groups in total. The Balaban J connectivity index is 3.58. The quantitative estimate of drug-likeness (QED) is 0.567. The van der Waals surface area contributed by atoms with Gasteiger partial charge in [0, 0.05) is 19.5 Å². The van der Waals surface area contributed by atoms with Crippen molar-refractivity contribution in [2.75, 3.05) is 27.2 Å². The Bertz CT molecular complexity index is 240. The summed E-state index contributed by atoms with van der Waals surface area (Å²) in [5.41, 5.74) is -0.861. The number of rotatable bonds is 11. The maximum absolute atomic E-state index is 11.6. The van der Waals surface area contributed by atoms with E-state index in [0.717, 1.165) is 12.8 Å². The van der Waals surface area contributed by atoms with Crippen LogP contribution in [0, 0.1) is 0 Å². The van der Waals surface area contributed by atoms with Gasteiger partial charge in [0.25, 0.3) is 0 Å². The molecule has 0 aliphatic carbocycles. The van der Waals surface area contributed by atoms with Gasteiger partial charge in [0.1, 0.15) is 0 Å². The van der Waals surface area contributed by atoms with Crippen LogP contribution in [0.5, 0.6) is 0 Å². The minimum absolute atomic E-state index is 0.0505. The lowest BCUT2D eigenvalue weighted by Gasteiger charge is -2.27. The molecule has 0 aromatic carbocycles. The molecule has 1 atom stereocenters. The molecule has 114 valence electrons. The molecular formula is C15H32N2O2. The first-order valence-corrected chi connectivity index (χ1v) is 7.51. The third-order valence-electron chi connectivity index (χ3n) is 3.08. The van der Waals surface area contributed by atoms with Crippen LogP contribution in [0.2, 0.25) is 0 Å². The average molecular weight is 272 g/mol. The molecule has 0 saturated carbocycles. The summed E-state index contributed by atoms with van der Waals surface area (Å²) in [7, 11) is 3.82. The number of likely N-dealkylation sites (N-methyl/N-ethyl adjacent to an activating group) is 1. The molecule has 0 aromatic heterocycles. The Kier molecular flexibility index (Phi) is 9.88. The molecule has 1 amide bonds. The Morgan fingerprint density at radius 1 is 1.16 bits per heavy atom. The SMILES string of the molecule is CCCCCCCCC(=O)NCC(C)(O)CN(C)C. The molecule has 4 heteroatoms. The summed E-state index contributed by atoms with van der Waals surface area (Å²) in [5.74, 6) is 0.0505. The monoisotopic (exact) mass is 272 g/mol. The normalized spacial score (nSPS) is 14.4. The van der Waals surface area contributed by atoms with E-state index in [1.165, 1.54) is 25.7 Å². The largest absolute Gasteiger partial charge is 0.387 e. The minimum atomic E-state index is -0.861. The zero-order chi connectivity index (χ0) is 14.7. The van der Waals surface area contributed by atoms with E-state index < -0.39 is 5.60 Å². The van der Waals surface area contributed by atoms with E-state index in [2.05, 4.69) is 12.2 Å². The molecule has 0 bridgehead atoms. The standard InChI is InChI=1S/C15H32N2O2/c1-5-6-7-8-9-10-11-14(18)16-12-15(2,19)13-17(3)4/h19H,5-13H2,1-4H3,(H,16,18). The first kappa shape index (κ1) is 18.4. The summed E-state index contributed by atoms with van der Waals surface area (Å²) in [6, 6.07) is 0. The van der Waals surface area contributed by atoms with Crippen LogP contribution in [0.3, 0.4) is 0 Å². The zero-order valence-corrected chi connectivity index (χ0v) is 13.2. The van der Waals surface area contributed by atoms with Crippen LogP contribution in [0.25, 0.3) is 0 Å². The summed E-state index contributed by atoms with van der Waals surface area (Å²) in [4.78, 5) is 13.5. The highest BCUT2D eigenvalue weighted by molar-refractivity contribution is 5.75. The van der Waals surface area contributed by atoms with Crippen LogP contribution in [-0.4, -0.2) is 48.7 Å². The van der Waals surface area contributed by atoms with Gasteiger partial charge in [0.15, 0.2) is 0 Å². The lowest BCUT2D eigenvalue weighted by molar-refractivity contribution is -0.122. The molecule has 0 radical (unpaired) electrons. The predicted octanol–water partition coefficient (Wildman–Crippen LogP) is 2.17. The van der Waals surface area contributed by atoms with Crippen LogP contribution in [-0.2, 0) is 4.79 Å². The van der Waals surface area contributed by atoms with E-state index in [4.69, 9.17) is 0 Å². The van der Waals surface area contributed by atoms with Crippen LogP contribution in [0.15, 0.2) is 0 Å². The summed E-state index contributed by atoms with van der Waals surface area (Å²) in [6.45, 7) is 4.81. The number of carbonyl (C=O) groups is 1. The van der Waals surface area contributed by atoms with E-state index in [0.29, 0.717) is 19.5 Å². The average Bonchev–Trinajstić information content (AvgIpc) is 2.29. The van der Waals surface area contributed by atoms with Gasteiger partial charge >= 0.3 is 0 Å². The van der Waals surface area contributed by atoms with Crippen molar-refractivity contribution in [3.05, 3.63) is 0 Å². The van der Waals surface area contributed by atoms with Gasteiger partial charge < -0.3 is 15.3 Å². The van der Waals surface area contributed by atoms with Gasteiger partial charge in [-0.3, -0.25) is 4.79 Å². The summed E-state index contributed by atoms with van der Waals surface area (Å²) < 4.78 is 0. The number of nitrogens with one attached hydrogen (secondary N) is 1. The van der Waals surface area contributed by atoms with Crippen molar-refractivity contribution < 1.29 is 9.90 Å². The molecule has 0 aliphatic rings. The lowest BCUT2D eigenvalue weighted by Crippen LogP contribution is -2.47. The van der Waals surface area contributed by atoms with Gasteiger partial charge in [-0.2, -0.15) is 0 Å². The Hall–Kier alpha value is -0.610. The fraction of sp³-hybridized carbons (Fsp3) is 0.933. The third kappa shape index (κ3) is 12.2. The van der Waals surface area contributed by atoms with Crippen molar-refractivity contribution in [1.29, 1.82) is 0 Å². The number of carbonyl (C=O) groups excluding carboxylic acids is 1. The van der Waals surface area contributed by atoms with Gasteiger partial charge in [-0.1, -0.05) is 39.0 Å². The third-order valence-corrected chi connectivity index (χ3v) is 3.08. The molecule has 19 heavy (non-hydrogen) atoms. The molecule has 0 aromatic rings. The van der Waals surface area contributed by atoms with Crippen molar-refractivity contribution in [3.63, 3.8) is 0 Å². The highest BCUT2D eigenvalue weighted by Gasteiger charge is 2.21. The van der Waals surface area contributed by atoms with Gasteiger partial charge in [-0.25, -0.2) is 0 Å². The Labute approximate surface area is 118 Å².